The lowest BCUT2D eigenvalue weighted by atomic mass is 10.0. The van der Waals surface area contributed by atoms with Crippen molar-refractivity contribution in [3.8, 4) is 0 Å². The highest BCUT2D eigenvalue weighted by molar-refractivity contribution is 5.91. The molecule has 1 fully saturated rings. The van der Waals surface area contributed by atoms with Gasteiger partial charge in [0.25, 0.3) is 0 Å². The topological polar surface area (TPSA) is 52.6 Å². The van der Waals surface area contributed by atoms with Crippen LogP contribution in [0.2, 0.25) is 0 Å². The minimum Gasteiger partial charge on any atom is -0.380 e. The zero-order chi connectivity index (χ0) is 18.1. The molecule has 9 heteroatoms. The Balaban J connectivity index is 2.12. The first kappa shape index (κ1) is 18.4. The average molecular weight is 352 g/mol. The van der Waals surface area contributed by atoms with Crippen molar-refractivity contribution >= 4 is 17.3 Å². The Hall–Kier alpha value is -1.90. The molecule has 0 aromatic heterocycles. The van der Waals surface area contributed by atoms with Crippen LogP contribution in [-0.2, 0) is 4.79 Å². The standard InChI is InChI=1S/C15H17F5N2O2/c1-14(24,15(18,19)20)8-12(23)21-9-6-10(16)13(11(17)7-9)22-4-2-3-5-22/h6-7,24H,2-5,8H2,1H3,(H,21,23)/t14-/m1/s1. The number of carbonyl (C=O) groups excluding carboxylic acids is 1. The van der Waals surface area contributed by atoms with E-state index in [4.69, 9.17) is 0 Å². The third kappa shape index (κ3) is 3.95. The van der Waals surface area contributed by atoms with Crippen LogP contribution < -0.4 is 10.2 Å². The number of rotatable bonds is 4. The molecule has 1 aliphatic rings. The fourth-order valence-electron chi connectivity index (χ4n) is 2.50. The van der Waals surface area contributed by atoms with Crippen molar-refractivity contribution in [1.29, 1.82) is 0 Å². The number of amides is 1. The molecule has 0 unspecified atom stereocenters. The van der Waals surface area contributed by atoms with Crippen LogP contribution in [0.1, 0.15) is 26.2 Å². The fraction of sp³-hybridized carbons (Fsp3) is 0.533. The lowest BCUT2D eigenvalue weighted by Gasteiger charge is -2.25. The zero-order valence-corrected chi connectivity index (χ0v) is 12.9. The van der Waals surface area contributed by atoms with Crippen molar-refractivity contribution in [3.63, 3.8) is 0 Å². The van der Waals surface area contributed by atoms with Gasteiger partial charge in [-0.3, -0.25) is 4.79 Å². The third-order valence-corrected chi connectivity index (χ3v) is 3.84. The van der Waals surface area contributed by atoms with Gasteiger partial charge in [-0.15, -0.1) is 0 Å². The van der Waals surface area contributed by atoms with Crippen LogP contribution in [0, 0.1) is 11.6 Å². The van der Waals surface area contributed by atoms with Gasteiger partial charge < -0.3 is 15.3 Å². The lowest BCUT2D eigenvalue weighted by Crippen LogP contribution is -2.44. The minimum absolute atomic E-state index is 0.215. The van der Waals surface area contributed by atoms with E-state index in [1.165, 1.54) is 4.90 Å². The Morgan fingerprint density at radius 1 is 1.21 bits per heavy atom. The Morgan fingerprint density at radius 2 is 1.71 bits per heavy atom. The van der Waals surface area contributed by atoms with Crippen LogP contribution in [0.4, 0.5) is 33.3 Å². The third-order valence-electron chi connectivity index (χ3n) is 3.84. The van der Waals surface area contributed by atoms with Gasteiger partial charge in [0.05, 0.1) is 6.42 Å². The summed E-state index contributed by atoms with van der Waals surface area (Å²) in [4.78, 5) is 13.1. The molecule has 134 valence electrons. The average Bonchev–Trinajstić information content (AvgIpc) is 2.89. The second-order valence-corrected chi connectivity index (χ2v) is 5.98. The van der Waals surface area contributed by atoms with E-state index in [0.29, 0.717) is 20.0 Å². The summed E-state index contributed by atoms with van der Waals surface area (Å²) in [5, 5.41) is 11.2. The van der Waals surface area contributed by atoms with Crippen LogP contribution >= 0.6 is 0 Å². The number of anilines is 2. The number of hydrogen-bond donors (Lipinski definition) is 2. The van der Waals surface area contributed by atoms with E-state index in [-0.39, 0.29) is 11.4 Å². The van der Waals surface area contributed by atoms with E-state index in [1.54, 1.807) is 0 Å². The fourth-order valence-corrected chi connectivity index (χ4v) is 2.50. The second kappa shape index (κ2) is 6.54. The molecule has 24 heavy (non-hydrogen) atoms. The summed E-state index contributed by atoms with van der Waals surface area (Å²) >= 11 is 0. The van der Waals surface area contributed by atoms with Gasteiger partial charge in [-0.05, 0) is 31.9 Å². The van der Waals surface area contributed by atoms with Gasteiger partial charge in [0, 0.05) is 18.8 Å². The van der Waals surface area contributed by atoms with Crippen molar-refractivity contribution in [2.75, 3.05) is 23.3 Å². The van der Waals surface area contributed by atoms with Gasteiger partial charge in [-0.1, -0.05) is 0 Å². The maximum absolute atomic E-state index is 14.1. The molecular weight excluding hydrogens is 335 g/mol. The van der Waals surface area contributed by atoms with E-state index in [0.717, 1.165) is 25.0 Å². The van der Waals surface area contributed by atoms with Gasteiger partial charge >= 0.3 is 6.18 Å². The van der Waals surface area contributed by atoms with E-state index < -0.39 is 35.7 Å². The Kier molecular flexibility index (Phi) is 5.03. The maximum Gasteiger partial charge on any atom is 0.417 e. The molecule has 1 amide bonds. The van der Waals surface area contributed by atoms with Crippen LogP contribution in [0.5, 0.6) is 0 Å². The number of nitrogens with zero attached hydrogens (tertiary/aromatic N) is 1. The molecule has 1 aliphatic heterocycles. The van der Waals surface area contributed by atoms with Crippen LogP contribution in [0.25, 0.3) is 0 Å². The molecule has 0 aliphatic carbocycles. The number of carbonyl (C=O) groups is 1. The summed E-state index contributed by atoms with van der Waals surface area (Å²) in [7, 11) is 0. The molecule has 0 spiro atoms. The van der Waals surface area contributed by atoms with Gasteiger partial charge in [-0.25, -0.2) is 8.78 Å². The molecule has 0 radical (unpaired) electrons. The van der Waals surface area contributed by atoms with Crippen molar-refractivity contribution in [1.82, 2.24) is 0 Å². The highest BCUT2D eigenvalue weighted by atomic mass is 19.4. The monoisotopic (exact) mass is 352 g/mol. The number of benzene rings is 1. The van der Waals surface area contributed by atoms with Crippen molar-refractivity contribution in [2.24, 2.45) is 0 Å². The molecule has 0 saturated carbocycles. The molecule has 1 aromatic carbocycles. The van der Waals surface area contributed by atoms with Crippen molar-refractivity contribution in [2.45, 2.75) is 38.0 Å². The number of nitrogens with one attached hydrogen (secondary N) is 1. The van der Waals surface area contributed by atoms with Crippen LogP contribution in [-0.4, -0.2) is 35.9 Å². The molecule has 2 N–H and O–H groups in total. The SMILES string of the molecule is C[C@@](O)(CC(=O)Nc1cc(F)c(N2CCCC2)c(F)c1)C(F)(F)F. The first-order valence-corrected chi connectivity index (χ1v) is 7.34. The van der Waals surface area contributed by atoms with Crippen molar-refractivity contribution in [3.05, 3.63) is 23.8 Å². The predicted molar refractivity (Wildman–Crippen MR) is 77.7 cm³/mol. The van der Waals surface area contributed by atoms with Gasteiger partial charge in [-0.2, -0.15) is 13.2 Å². The molecule has 1 heterocycles. The van der Waals surface area contributed by atoms with E-state index >= 15 is 0 Å². The number of halogens is 5. The van der Waals surface area contributed by atoms with Crippen LogP contribution in [0.15, 0.2) is 12.1 Å². The summed E-state index contributed by atoms with van der Waals surface area (Å²) in [5.74, 6) is -3.02. The Morgan fingerprint density at radius 3 is 2.17 bits per heavy atom. The van der Waals surface area contributed by atoms with Crippen LogP contribution in [0.3, 0.4) is 0 Å². The highest BCUT2D eigenvalue weighted by Crippen LogP contribution is 2.33. The zero-order valence-electron chi connectivity index (χ0n) is 12.9. The summed E-state index contributed by atoms with van der Waals surface area (Å²) in [6, 6.07) is 1.69. The first-order valence-electron chi connectivity index (χ1n) is 7.34. The maximum atomic E-state index is 14.1. The predicted octanol–water partition coefficient (Wildman–Crippen LogP) is 3.21. The Bertz CT molecular complexity index is 602. The number of hydrogen-bond acceptors (Lipinski definition) is 3. The quantitative estimate of drug-likeness (QED) is 0.819. The van der Waals surface area contributed by atoms with Gasteiger partial charge in [0.1, 0.15) is 5.69 Å². The number of alkyl halides is 3. The first-order chi connectivity index (χ1) is 11.0. The molecule has 4 nitrogen and oxygen atoms in total. The molecular formula is C15H17F5N2O2. The highest BCUT2D eigenvalue weighted by Gasteiger charge is 2.51. The smallest absolute Gasteiger partial charge is 0.380 e. The van der Waals surface area contributed by atoms with Crippen molar-refractivity contribution < 1.29 is 31.9 Å². The summed E-state index contributed by atoms with van der Waals surface area (Å²) in [6.07, 6.45) is -4.66. The normalized spacial score (nSPS) is 17.7. The molecule has 0 bridgehead atoms. The number of aliphatic hydroxyl groups is 1. The van der Waals surface area contributed by atoms with Gasteiger partial charge in [0.15, 0.2) is 17.2 Å². The molecule has 2 rings (SSSR count). The van der Waals surface area contributed by atoms with E-state index in [9.17, 15) is 31.9 Å². The Labute approximate surface area is 135 Å². The molecule has 1 atom stereocenters. The lowest BCUT2D eigenvalue weighted by molar-refractivity contribution is -0.252. The van der Waals surface area contributed by atoms with E-state index in [1.807, 2.05) is 5.32 Å². The second-order valence-electron chi connectivity index (χ2n) is 5.98. The summed E-state index contributed by atoms with van der Waals surface area (Å²) < 4.78 is 65.7. The molecule has 1 aromatic rings. The minimum atomic E-state index is -5.00. The van der Waals surface area contributed by atoms with E-state index in [2.05, 4.69) is 0 Å². The summed E-state index contributed by atoms with van der Waals surface area (Å²) in [5.41, 5.74) is -3.76. The largest absolute Gasteiger partial charge is 0.417 e. The summed E-state index contributed by atoms with van der Waals surface area (Å²) in [6.45, 7) is 1.46. The molecule has 1 saturated heterocycles. The van der Waals surface area contributed by atoms with Gasteiger partial charge in [0.2, 0.25) is 5.91 Å².